The number of nitrogens with one attached hydrogen (secondary N) is 2. The van der Waals surface area contributed by atoms with E-state index in [-0.39, 0.29) is 24.4 Å². The van der Waals surface area contributed by atoms with Gasteiger partial charge in [-0.05, 0) is 43.1 Å². The molecule has 0 aliphatic carbocycles. The van der Waals surface area contributed by atoms with E-state index in [4.69, 9.17) is 0 Å². The highest BCUT2D eigenvalue weighted by Crippen LogP contribution is 2.23. The summed E-state index contributed by atoms with van der Waals surface area (Å²) in [6.45, 7) is 8.46. The number of carbonyl (C=O) groups is 1. The van der Waals surface area contributed by atoms with Crippen molar-refractivity contribution in [2.45, 2.75) is 43.4 Å². The molecule has 0 bridgehead atoms. The fourth-order valence-electron chi connectivity index (χ4n) is 2.39. The molecule has 1 aromatic rings. The molecule has 1 fully saturated rings. The smallest absolute Gasteiger partial charge is 0.251 e. The fourth-order valence-corrected chi connectivity index (χ4v) is 3.23. The Labute approximate surface area is 138 Å². The summed E-state index contributed by atoms with van der Waals surface area (Å²) >= 11 is 1.81. The largest absolute Gasteiger partial charge is 0.348 e. The van der Waals surface area contributed by atoms with E-state index < -0.39 is 0 Å². The summed E-state index contributed by atoms with van der Waals surface area (Å²) in [6, 6.07) is 8.13. The number of hydrogen-bond acceptors (Lipinski definition) is 3. The van der Waals surface area contributed by atoms with Crippen LogP contribution in [0.5, 0.6) is 0 Å². The predicted octanol–water partition coefficient (Wildman–Crippen LogP) is 3.34. The van der Waals surface area contributed by atoms with Gasteiger partial charge in [-0.15, -0.1) is 24.2 Å². The second-order valence-corrected chi connectivity index (χ2v) is 7.39. The first kappa shape index (κ1) is 18.3. The van der Waals surface area contributed by atoms with E-state index in [1.807, 2.05) is 36.0 Å². The van der Waals surface area contributed by atoms with E-state index in [0.717, 1.165) is 25.1 Å². The number of rotatable bonds is 4. The first-order valence-corrected chi connectivity index (χ1v) is 8.22. The third kappa shape index (κ3) is 5.53. The van der Waals surface area contributed by atoms with E-state index >= 15 is 0 Å². The summed E-state index contributed by atoms with van der Waals surface area (Å²) in [5.41, 5.74) is 0.746. The van der Waals surface area contributed by atoms with Crippen LogP contribution in [0.2, 0.25) is 0 Å². The van der Waals surface area contributed by atoms with Crippen LogP contribution in [0, 0.1) is 5.92 Å². The van der Waals surface area contributed by atoms with Gasteiger partial charge in [-0.25, -0.2) is 0 Å². The highest BCUT2D eigenvalue weighted by atomic mass is 35.5. The van der Waals surface area contributed by atoms with Gasteiger partial charge in [-0.2, -0.15) is 0 Å². The zero-order valence-corrected chi connectivity index (χ0v) is 14.5. The minimum absolute atomic E-state index is 0. The van der Waals surface area contributed by atoms with Crippen molar-refractivity contribution in [3.63, 3.8) is 0 Å². The number of carbonyl (C=O) groups excluding carboxylic acids is 1. The molecular weight excluding hydrogens is 304 g/mol. The molecule has 1 amide bonds. The lowest BCUT2D eigenvalue weighted by atomic mass is 9.94. The summed E-state index contributed by atoms with van der Waals surface area (Å²) in [4.78, 5) is 13.5. The highest BCUT2D eigenvalue weighted by Gasteiger charge is 2.22. The second kappa shape index (κ2) is 8.66. The van der Waals surface area contributed by atoms with E-state index in [1.165, 1.54) is 4.90 Å². The summed E-state index contributed by atoms with van der Waals surface area (Å²) in [5, 5.41) is 7.03. The number of benzene rings is 1. The summed E-state index contributed by atoms with van der Waals surface area (Å²) in [6.07, 6.45) is 1.12. The Balaban J connectivity index is 0.00000220. The summed E-state index contributed by atoms with van der Waals surface area (Å²) < 4.78 is 0. The molecule has 2 rings (SSSR count). The normalized spacial score (nSPS) is 21.7. The predicted molar refractivity (Wildman–Crippen MR) is 92.6 cm³/mol. The molecule has 2 atom stereocenters. The van der Waals surface area contributed by atoms with Crippen molar-refractivity contribution < 1.29 is 4.79 Å². The Morgan fingerprint density at radius 3 is 2.57 bits per heavy atom. The topological polar surface area (TPSA) is 41.1 Å². The first-order valence-electron chi connectivity index (χ1n) is 7.34. The maximum atomic E-state index is 12.2. The quantitative estimate of drug-likeness (QED) is 0.833. The minimum atomic E-state index is 0. The molecule has 1 heterocycles. The molecule has 0 aromatic heterocycles. The molecule has 21 heavy (non-hydrogen) atoms. The van der Waals surface area contributed by atoms with Gasteiger partial charge in [0, 0.05) is 28.3 Å². The third-order valence-electron chi connectivity index (χ3n) is 3.63. The fraction of sp³-hybridized carbons (Fsp3) is 0.562. The Bertz CT molecular complexity index is 450. The SMILES string of the molecule is CC(C)Sc1ccc(C(=O)NC2CNCCC2C)cc1.Cl. The van der Waals surface area contributed by atoms with Crippen molar-refractivity contribution in [2.75, 3.05) is 13.1 Å². The summed E-state index contributed by atoms with van der Waals surface area (Å²) in [5.74, 6) is 0.572. The monoisotopic (exact) mass is 328 g/mol. The van der Waals surface area contributed by atoms with Gasteiger partial charge < -0.3 is 10.6 Å². The van der Waals surface area contributed by atoms with Crippen LogP contribution in [0.1, 0.15) is 37.6 Å². The molecular formula is C16H25ClN2OS. The number of thioether (sulfide) groups is 1. The number of amides is 1. The Hall–Kier alpha value is -0.710. The van der Waals surface area contributed by atoms with Gasteiger partial charge in [-0.3, -0.25) is 4.79 Å². The van der Waals surface area contributed by atoms with Crippen LogP contribution in [0.4, 0.5) is 0 Å². The molecule has 1 saturated heterocycles. The van der Waals surface area contributed by atoms with Crippen molar-refractivity contribution in [3.05, 3.63) is 29.8 Å². The number of hydrogen-bond donors (Lipinski definition) is 2. The van der Waals surface area contributed by atoms with Crippen LogP contribution in [-0.2, 0) is 0 Å². The van der Waals surface area contributed by atoms with Crippen LogP contribution in [0.15, 0.2) is 29.2 Å². The molecule has 2 N–H and O–H groups in total. The molecule has 2 unspecified atom stereocenters. The first-order chi connectivity index (χ1) is 9.56. The van der Waals surface area contributed by atoms with Gasteiger partial charge in [0.1, 0.15) is 0 Å². The second-order valence-electron chi connectivity index (χ2n) is 5.74. The zero-order chi connectivity index (χ0) is 14.5. The van der Waals surface area contributed by atoms with E-state index in [9.17, 15) is 4.79 Å². The van der Waals surface area contributed by atoms with Crippen molar-refractivity contribution in [2.24, 2.45) is 5.92 Å². The minimum Gasteiger partial charge on any atom is -0.348 e. The average molecular weight is 329 g/mol. The van der Waals surface area contributed by atoms with Gasteiger partial charge >= 0.3 is 0 Å². The highest BCUT2D eigenvalue weighted by molar-refractivity contribution is 7.99. The van der Waals surface area contributed by atoms with E-state index in [2.05, 4.69) is 31.4 Å². The van der Waals surface area contributed by atoms with Crippen LogP contribution in [0.3, 0.4) is 0 Å². The maximum absolute atomic E-state index is 12.2. The number of halogens is 1. The van der Waals surface area contributed by atoms with Crippen molar-refractivity contribution in [3.8, 4) is 0 Å². The standard InChI is InChI=1S/C16H24N2OS.ClH/c1-11(2)20-14-6-4-13(5-7-14)16(19)18-15-10-17-9-8-12(15)3;/h4-7,11-12,15,17H,8-10H2,1-3H3,(H,18,19);1H. The Kier molecular flexibility index (Phi) is 7.57. The van der Waals surface area contributed by atoms with E-state index in [0.29, 0.717) is 11.2 Å². The van der Waals surface area contributed by atoms with Gasteiger partial charge in [0.2, 0.25) is 0 Å². The Morgan fingerprint density at radius 1 is 1.33 bits per heavy atom. The molecule has 3 nitrogen and oxygen atoms in total. The van der Waals surface area contributed by atoms with Gasteiger partial charge in [0.25, 0.3) is 5.91 Å². The third-order valence-corrected chi connectivity index (χ3v) is 4.65. The van der Waals surface area contributed by atoms with E-state index in [1.54, 1.807) is 0 Å². The van der Waals surface area contributed by atoms with Crippen LogP contribution >= 0.6 is 24.2 Å². The lowest BCUT2D eigenvalue weighted by Crippen LogP contribution is -2.50. The molecule has 0 saturated carbocycles. The van der Waals surface area contributed by atoms with Crippen LogP contribution in [0.25, 0.3) is 0 Å². The molecule has 0 radical (unpaired) electrons. The Morgan fingerprint density at radius 2 is 2.00 bits per heavy atom. The van der Waals surface area contributed by atoms with Crippen molar-refractivity contribution in [1.29, 1.82) is 0 Å². The van der Waals surface area contributed by atoms with Crippen molar-refractivity contribution >= 4 is 30.1 Å². The summed E-state index contributed by atoms with van der Waals surface area (Å²) in [7, 11) is 0. The maximum Gasteiger partial charge on any atom is 0.251 e. The van der Waals surface area contributed by atoms with Gasteiger partial charge in [0.05, 0.1) is 0 Å². The molecule has 0 spiro atoms. The molecule has 5 heteroatoms. The van der Waals surface area contributed by atoms with Crippen molar-refractivity contribution in [1.82, 2.24) is 10.6 Å². The van der Waals surface area contributed by atoms with Gasteiger partial charge in [-0.1, -0.05) is 20.8 Å². The molecule has 1 aliphatic rings. The molecule has 1 aliphatic heterocycles. The van der Waals surface area contributed by atoms with Crippen LogP contribution in [-0.4, -0.2) is 30.3 Å². The molecule has 118 valence electrons. The van der Waals surface area contributed by atoms with Gasteiger partial charge in [0.15, 0.2) is 0 Å². The van der Waals surface area contributed by atoms with Crippen LogP contribution < -0.4 is 10.6 Å². The molecule has 1 aromatic carbocycles. The lowest BCUT2D eigenvalue weighted by Gasteiger charge is -2.30. The average Bonchev–Trinajstić information content (AvgIpc) is 2.41. The lowest BCUT2D eigenvalue weighted by molar-refractivity contribution is 0.0915. The zero-order valence-electron chi connectivity index (χ0n) is 12.9. The number of piperidine rings is 1.